The molecule has 2 atom stereocenters. The average Bonchev–Trinajstić information content (AvgIpc) is 2.66. The predicted molar refractivity (Wildman–Crippen MR) is 97.0 cm³/mol. The summed E-state index contributed by atoms with van der Waals surface area (Å²) >= 11 is 0. The van der Waals surface area contributed by atoms with E-state index in [0.717, 1.165) is 19.0 Å². The minimum absolute atomic E-state index is 0. The lowest BCUT2D eigenvalue weighted by Gasteiger charge is -2.30. The van der Waals surface area contributed by atoms with Gasteiger partial charge >= 0.3 is 0 Å². The van der Waals surface area contributed by atoms with E-state index in [1.54, 1.807) is 0 Å². The van der Waals surface area contributed by atoms with E-state index in [2.05, 4.69) is 48.2 Å². The monoisotopic (exact) mass is 394 g/mol. The minimum Gasteiger partial charge on any atom is -0.354 e. The molecule has 0 aromatic heterocycles. The van der Waals surface area contributed by atoms with E-state index < -0.39 is 0 Å². The molecule has 0 aromatic carbocycles. The lowest BCUT2D eigenvalue weighted by molar-refractivity contribution is 0.265. The molecule has 1 aliphatic heterocycles. The summed E-state index contributed by atoms with van der Waals surface area (Å²) in [5.74, 6) is 1.71. The number of guanidine groups is 1. The Morgan fingerprint density at radius 1 is 1.25 bits per heavy atom. The van der Waals surface area contributed by atoms with Crippen molar-refractivity contribution in [3.8, 4) is 0 Å². The van der Waals surface area contributed by atoms with Crippen molar-refractivity contribution < 1.29 is 0 Å². The highest BCUT2D eigenvalue weighted by atomic mass is 127. The fourth-order valence-electron chi connectivity index (χ4n) is 2.83. The maximum atomic E-state index is 4.59. The van der Waals surface area contributed by atoms with E-state index in [-0.39, 0.29) is 24.0 Å². The Bertz CT molecular complexity index is 315. The van der Waals surface area contributed by atoms with Crippen molar-refractivity contribution in [3.05, 3.63) is 0 Å². The van der Waals surface area contributed by atoms with Crippen molar-refractivity contribution in [3.63, 3.8) is 0 Å². The third-order valence-corrected chi connectivity index (χ3v) is 4.46. The highest BCUT2D eigenvalue weighted by molar-refractivity contribution is 14.0. The summed E-state index contributed by atoms with van der Waals surface area (Å²) < 4.78 is 0. The Kier molecular flexibility index (Phi) is 7.58. The van der Waals surface area contributed by atoms with Crippen LogP contribution in [0.15, 0.2) is 4.99 Å². The summed E-state index contributed by atoms with van der Waals surface area (Å²) in [6, 6.07) is 1.82. The molecule has 0 aromatic rings. The van der Waals surface area contributed by atoms with E-state index in [1.165, 1.54) is 25.8 Å². The van der Waals surface area contributed by atoms with Gasteiger partial charge in [-0.05, 0) is 46.0 Å². The van der Waals surface area contributed by atoms with Gasteiger partial charge in [-0.15, -0.1) is 24.0 Å². The molecular formula is C15H31IN4. The second-order valence-corrected chi connectivity index (χ2v) is 6.37. The van der Waals surface area contributed by atoms with Crippen LogP contribution in [0.3, 0.4) is 0 Å². The lowest BCUT2D eigenvalue weighted by atomic mass is 9.93. The Morgan fingerprint density at radius 3 is 2.40 bits per heavy atom. The molecule has 0 radical (unpaired) electrons. The second kappa shape index (κ2) is 8.41. The van der Waals surface area contributed by atoms with Crippen LogP contribution in [-0.4, -0.2) is 48.6 Å². The van der Waals surface area contributed by atoms with E-state index in [0.29, 0.717) is 24.0 Å². The predicted octanol–water partition coefficient (Wildman–Crippen LogP) is 2.44. The molecule has 2 rings (SSSR count). The summed E-state index contributed by atoms with van der Waals surface area (Å²) in [6.07, 6.45) is 3.95. The van der Waals surface area contributed by atoms with Crippen molar-refractivity contribution in [2.24, 2.45) is 10.9 Å². The fourth-order valence-corrected chi connectivity index (χ4v) is 2.83. The maximum Gasteiger partial charge on any atom is 0.191 e. The summed E-state index contributed by atoms with van der Waals surface area (Å²) in [5, 5.41) is 7.21. The summed E-state index contributed by atoms with van der Waals surface area (Å²) in [6.45, 7) is 12.2. The first-order valence-electron chi connectivity index (χ1n) is 7.91. The van der Waals surface area contributed by atoms with Crippen LogP contribution < -0.4 is 10.6 Å². The van der Waals surface area contributed by atoms with Crippen LogP contribution in [0.5, 0.6) is 0 Å². The third-order valence-electron chi connectivity index (χ3n) is 4.46. The number of aliphatic imine (C=N–C) groups is 1. The Morgan fingerprint density at radius 2 is 1.95 bits per heavy atom. The van der Waals surface area contributed by atoms with Gasteiger partial charge in [-0.25, -0.2) is 0 Å². The summed E-state index contributed by atoms with van der Waals surface area (Å²) in [4.78, 5) is 7.14. The van der Waals surface area contributed by atoms with E-state index in [9.17, 15) is 0 Å². The van der Waals surface area contributed by atoms with Gasteiger partial charge < -0.3 is 10.6 Å². The number of likely N-dealkylation sites (tertiary alicyclic amines) is 1. The molecule has 1 saturated heterocycles. The minimum atomic E-state index is 0. The van der Waals surface area contributed by atoms with E-state index in [1.807, 2.05) is 0 Å². The van der Waals surface area contributed by atoms with Crippen LogP contribution in [-0.2, 0) is 0 Å². The second-order valence-electron chi connectivity index (χ2n) is 6.37. The van der Waals surface area contributed by atoms with Gasteiger partial charge in [0.15, 0.2) is 5.96 Å². The van der Waals surface area contributed by atoms with Crippen LogP contribution in [0.4, 0.5) is 0 Å². The number of hydrogen-bond donors (Lipinski definition) is 2. The van der Waals surface area contributed by atoms with Gasteiger partial charge in [-0.2, -0.15) is 0 Å². The molecule has 5 heteroatoms. The van der Waals surface area contributed by atoms with Gasteiger partial charge in [0.05, 0.1) is 0 Å². The zero-order valence-corrected chi connectivity index (χ0v) is 15.7. The van der Waals surface area contributed by atoms with Gasteiger partial charge in [0.2, 0.25) is 0 Å². The molecule has 2 unspecified atom stereocenters. The first-order chi connectivity index (χ1) is 9.10. The Balaban J connectivity index is 0.00000200. The van der Waals surface area contributed by atoms with Crippen molar-refractivity contribution >= 4 is 29.9 Å². The number of rotatable bonds is 4. The zero-order chi connectivity index (χ0) is 13.8. The van der Waals surface area contributed by atoms with Crippen molar-refractivity contribution in [2.75, 3.05) is 19.6 Å². The number of nitrogens with zero attached hydrogens (tertiary/aromatic N) is 2. The molecule has 2 aliphatic rings. The van der Waals surface area contributed by atoms with Gasteiger partial charge in [0, 0.05) is 37.8 Å². The van der Waals surface area contributed by atoms with Gasteiger partial charge in [0.1, 0.15) is 0 Å². The molecule has 0 amide bonds. The topological polar surface area (TPSA) is 39.7 Å². The van der Waals surface area contributed by atoms with Gasteiger partial charge in [-0.3, -0.25) is 9.89 Å². The highest BCUT2D eigenvalue weighted by Gasteiger charge is 2.31. The standard InChI is InChI=1S/C15H30N4.HI/c1-5-16-15(17-13-7-6-8-13)18-14-10-19(11(2)3)9-12(14)4;/h11-14H,5-10H2,1-4H3,(H2,16,17,18);1H. The van der Waals surface area contributed by atoms with E-state index >= 15 is 0 Å². The van der Waals surface area contributed by atoms with Crippen LogP contribution in [0.25, 0.3) is 0 Å². The van der Waals surface area contributed by atoms with Crippen molar-refractivity contribution in [1.82, 2.24) is 15.5 Å². The molecule has 0 spiro atoms. The largest absolute Gasteiger partial charge is 0.354 e. The molecule has 1 saturated carbocycles. The molecule has 2 fully saturated rings. The number of halogens is 1. The molecular weight excluding hydrogens is 363 g/mol. The lowest BCUT2D eigenvalue weighted by Crippen LogP contribution is -2.51. The zero-order valence-electron chi connectivity index (χ0n) is 13.4. The van der Waals surface area contributed by atoms with Crippen LogP contribution in [0, 0.1) is 5.92 Å². The van der Waals surface area contributed by atoms with Crippen LogP contribution in [0.1, 0.15) is 47.0 Å². The first kappa shape index (κ1) is 18.0. The summed E-state index contributed by atoms with van der Waals surface area (Å²) in [7, 11) is 0. The smallest absolute Gasteiger partial charge is 0.191 e. The normalized spacial score (nSPS) is 28.1. The van der Waals surface area contributed by atoms with Crippen molar-refractivity contribution in [2.45, 2.75) is 65.1 Å². The van der Waals surface area contributed by atoms with E-state index in [4.69, 9.17) is 0 Å². The number of hydrogen-bond acceptors (Lipinski definition) is 2. The number of nitrogens with one attached hydrogen (secondary N) is 2. The fraction of sp³-hybridized carbons (Fsp3) is 0.933. The van der Waals surface area contributed by atoms with Crippen molar-refractivity contribution in [1.29, 1.82) is 0 Å². The molecule has 118 valence electrons. The Hall–Kier alpha value is -0.0400. The molecule has 0 bridgehead atoms. The molecule has 20 heavy (non-hydrogen) atoms. The highest BCUT2D eigenvalue weighted by Crippen LogP contribution is 2.20. The van der Waals surface area contributed by atoms with Crippen LogP contribution >= 0.6 is 24.0 Å². The first-order valence-corrected chi connectivity index (χ1v) is 7.91. The molecule has 4 nitrogen and oxygen atoms in total. The molecule has 1 heterocycles. The molecule has 1 aliphatic carbocycles. The molecule has 2 N–H and O–H groups in total. The van der Waals surface area contributed by atoms with Gasteiger partial charge in [0.25, 0.3) is 0 Å². The SMILES string of the molecule is CCN=C(NC1CCC1)NC1CN(C(C)C)CC1C.I. The summed E-state index contributed by atoms with van der Waals surface area (Å²) in [5.41, 5.74) is 0. The maximum absolute atomic E-state index is 4.59. The quantitative estimate of drug-likeness (QED) is 0.437. The van der Waals surface area contributed by atoms with Crippen LogP contribution in [0.2, 0.25) is 0 Å². The third kappa shape index (κ3) is 4.76. The van der Waals surface area contributed by atoms with Gasteiger partial charge in [-0.1, -0.05) is 6.92 Å². The Labute approximate surface area is 141 Å². The average molecular weight is 394 g/mol.